The van der Waals surface area contributed by atoms with Crippen molar-refractivity contribution < 1.29 is 8.78 Å². The van der Waals surface area contributed by atoms with Crippen LogP contribution in [0.3, 0.4) is 0 Å². The topological polar surface area (TPSA) is 24.1 Å². The lowest BCUT2D eigenvalue weighted by Crippen LogP contribution is -2.21. The molecule has 1 saturated heterocycles. The Kier molecular flexibility index (Phi) is 4.07. The lowest BCUT2D eigenvalue weighted by atomic mass is 9.94. The Bertz CT molecular complexity index is 376. The van der Waals surface area contributed by atoms with Crippen LogP contribution >= 0.6 is 0 Å². The molecule has 0 aliphatic carbocycles. The average molecular weight is 240 g/mol. The van der Waals surface area contributed by atoms with Crippen molar-refractivity contribution in [1.82, 2.24) is 10.6 Å². The number of benzene rings is 1. The molecule has 1 heterocycles. The summed E-state index contributed by atoms with van der Waals surface area (Å²) < 4.78 is 26.0. The van der Waals surface area contributed by atoms with Crippen LogP contribution in [0.25, 0.3) is 0 Å². The summed E-state index contributed by atoms with van der Waals surface area (Å²) in [5.41, 5.74) is 0.818. The minimum absolute atomic E-state index is 0.0926. The SMILES string of the molecule is CNC(CC1CCNC1)c1ccc(F)c(F)c1. The Hall–Kier alpha value is -1.00. The molecule has 2 rings (SSSR count). The summed E-state index contributed by atoms with van der Waals surface area (Å²) in [7, 11) is 1.86. The number of hydrogen-bond acceptors (Lipinski definition) is 2. The molecule has 1 aromatic rings. The van der Waals surface area contributed by atoms with E-state index in [0.29, 0.717) is 5.92 Å². The fraction of sp³-hybridized carbons (Fsp3) is 0.538. The first-order valence-electron chi connectivity index (χ1n) is 6.03. The van der Waals surface area contributed by atoms with Gasteiger partial charge in [-0.2, -0.15) is 0 Å². The summed E-state index contributed by atoms with van der Waals surface area (Å²) >= 11 is 0. The van der Waals surface area contributed by atoms with Gasteiger partial charge >= 0.3 is 0 Å². The molecule has 1 aliphatic heterocycles. The van der Waals surface area contributed by atoms with Crippen molar-refractivity contribution in [3.05, 3.63) is 35.4 Å². The Balaban J connectivity index is 2.08. The van der Waals surface area contributed by atoms with Gasteiger partial charge in [0.25, 0.3) is 0 Å². The van der Waals surface area contributed by atoms with Crippen molar-refractivity contribution in [2.24, 2.45) is 5.92 Å². The molecule has 1 aliphatic rings. The van der Waals surface area contributed by atoms with Crippen molar-refractivity contribution in [3.63, 3.8) is 0 Å². The lowest BCUT2D eigenvalue weighted by Gasteiger charge is -2.20. The highest BCUT2D eigenvalue weighted by atomic mass is 19.2. The van der Waals surface area contributed by atoms with Gasteiger partial charge in [-0.05, 0) is 56.6 Å². The fourth-order valence-electron chi connectivity index (χ4n) is 2.40. The van der Waals surface area contributed by atoms with E-state index in [1.165, 1.54) is 12.1 Å². The summed E-state index contributed by atoms with van der Waals surface area (Å²) in [5.74, 6) is -0.945. The van der Waals surface area contributed by atoms with Crippen LogP contribution in [-0.4, -0.2) is 20.1 Å². The molecule has 1 fully saturated rings. The molecular formula is C13H18F2N2. The molecule has 2 N–H and O–H groups in total. The van der Waals surface area contributed by atoms with Crippen molar-refractivity contribution in [2.45, 2.75) is 18.9 Å². The summed E-state index contributed by atoms with van der Waals surface area (Å²) in [6.07, 6.45) is 2.11. The molecule has 0 bridgehead atoms. The molecule has 0 spiro atoms. The van der Waals surface area contributed by atoms with Gasteiger partial charge in [-0.1, -0.05) is 6.07 Å². The molecule has 94 valence electrons. The number of hydrogen-bond donors (Lipinski definition) is 2. The Morgan fingerprint density at radius 1 is 1.41 bits per heavy atom. The van der Waals surface area contributed by atoms with Gasteiger partial charge in [-0.15, -0.1) is 0 Å². The molecule has 0 amide bonds. The second-order valence-corrected chi connectivity index (χ2v) is 4.61. The smallest absolute Gasteiger partial charge is 0.159 e. The van der Waals surface area contributed by atoms with Crippen LogP contribution in [0, 0.1) is 17.6 Å². The maximum atomic E-state index is 13.2. The zero-order valence-corrected chi connectivity index (χ0v) is 9.97. The van der Waals surface area contributed by atoms with E-state index in [0.717, 1.165) is 31.5 Å². The quantitative estimate of drug-likeness (QED) is 0.843. The summed E-state index contributed by atoms with van der Waals surface area (Å²) in [4.78, 5) is 0. The third-order valence-electron chi connectivity index (χ3n) is 3.43. The van der Waals surface area contributed by atoms with Crippen LogP contribution in [0.4, 0.5) is 8.78 Å². The Morgan fingerprint density at radius 2 is 2.24 bits per heavy atom. The van der Waals surface area contributed by atoms with E-state index in [4.69, 9.17) is 0 Å². The molecular weight excluding hydrogens is 222 g/mol. The highest BCUT2D eigenvalue weighted by Crippen LogP contribution is 2.25. The third kappa shape index (κ3) is 3.01. The standard InChI is InChI=1S/C13H18F2N2/c1-16-13(6-9-4-5-17-8-9)10-2-3-11(14)12(15)7-10/h2-3,7,9,13,16-17H,4-6,8H2,1H3. The van der Waals surface area contributed by atoms with Crippen LogP contribution in [-0.2, 0) is 0 Å². The van der Waals surface area contributed by atoms with Gasteiger partial charge in [-0.3, -0.25) is 0 Å². The highest BCUT2D eigenvalue weighted by molar-refractivity contribution is 5.21. The minimum atomic E-state index is -0.786. The summed E-state index contributed by atoms with van der Waals surface area (Å²) in [5, 5.41) is 6.49. The number of nitrogens with one attached hydrogen (secondary N) is 2. The predicted octanol–water partition coefficient (Wildman–Crippen LogP) is 2.22. The Labute approximate surface area is 100 Å². The van der Waals surface area contributed by atoms with E-state index in [-0.39, 0.29) is 6.04 Å². The molecule has 17 heavy (non-hydrogen) atoms. The first-order valence-corrected chi connectivity index (χ1v) is 6.03. The monoisotopic (exact) mass is 240 g/mol. The predicted molar refractivity (Wildman–Crippen MR) is 63.8 cm³/mol. The van der Waals surface area contributed by atoms with E-state index in [2.05, 4.69) is 10.6 Å². The van der Waals surface area contributed by atoms with Crippen LogP contribution in [0.2, 0.25) is 0 Å². The van der Waals surface area contributed by atoms with Crippen LogP contribution in [0.1, 0.15) is 24.4 Å². The van der Waals surface area contributed by atoms with Gasteiger partial charge in [-0.25, -0.2) is 8.78 Å². The van der Waals surface area contributed by atoms with Gasteiger partial charge in [0.2, 0.25) is 0 Å². The average Bonchev–Trinajstić information content (AvgIpc) is 2.82. The zero-order chi connectivity index (χ0) is 12.3. The normalized spacial score (nSPS) is 21.7. The van der Waals surface area contributed by atoms with E-state index in [1.54, 1.807) is 6.07 Å². The maximum absolute atomic E-state index is 13.2. The van der Waals surface area contributed by atoms with Gasteiger partial charge in [0.1, 0.15) is 0 Å². The zero-order valence-electron chi connectivity index (χ0n) is 9.97. The van der Waals surface area contributed by atoms with Crippen LogP contribution < -0.4 is 10.6 Å². The number of halogens is 2. The molecule has 2 nitrogen and oxygen atoms in total. The molecule has 4 heteroatoms. The molecule has 0 aromatic heterocycles. The van der Waals surface area contributed by atoms with Crippen LogP contribution in [0.15, 0.2) is 18.2 Å². The lowest BCUT2D eigenvalue weighted by molar-refractivity contribution is 0.426. The van der Waals surface area contributed by atoms with Crippen molar-refractivity contribution >= 4 is 0 Å². The van der Waals surface area contributed by atoms with E-state index in [1.807, 2.05) is 7.05 Å². The van der Waals surface area contributed by atoms with Gasteiger partial charge in [0.05, 0.1) is 0 Å². The van der Waals surface area contributed by atoms with Gasteiger partial charge in [0.15, 0.2) is 11.6 Å². The van der Waals surface area contributed by atoms with Crippen molar-refractivity contribution in [2.75, 3.05) is 20.1 Å². The molecule has 2 atom stereocenters. The second-order valence-electron chi connectivity index (χ2n) is 4.61. The molecule has 2 unspecified atom stereocenters. The number of rotatable bonds is 4. The van der Waals surface area contributed by atoms with E-state index >= 15 is 0 Å². The fourth-order valence-corrected chi connectivity index (χ4v) is 2.40. The van der Waals surface area contributed by atoms with E-state index < -0.39 is 11.6 Å². The van der Waals surface area contributed by atoms with Gasteiger partial charge in [0, 0.05) is 6.04 Å². The third-order valence-corrected chi connectivity index (χ3v) is 3.43. The van der Waals surface area contributed by atoms with Crippen molar-refractivity contribution in [1.29, 1.82) is 0 Å². The first kappa shape index (κ1) is 12.5. The summed E-state index contributed by atoms with van der Waals surface area (Å²) in [6.45, 7) is 2.07. The molecule has 0 saturated carbocycles. The molecule has 0 radical (unpaired) electrons. The molecule has 1 aromatic carbocycles. The van der Waals surface area contributed by atoms with E-state index in [9.17, 15) is 8.78 Å². The largest absolute Gasteiger partial charge is 0.316 e. The highest BCUT2D eigenvalue weighted by Gasteiger charge is 2.20. The second kappa shape index (κ2) is 5.56. The van der Waals surface area contributed by atoms with Crippen LogP contribution in [0.5, 0.6) is 0 Å². The Morgan fingerprint density at radius 3 is 2.82 bits per heavy atom. The maximum Gasteiger partial charge on any atom is 0.159 e. The van der Waals surface area contributed by atoms with Crippen molar-refractivity contribution in [3.8, 4) is 0 Å². The minimum Gasteiger partial charge on any atom is -0.316 e. The summed E-state index contributed by atoms with van der Waals surface area (Å²) in [6, 6.07) is 4.23. The first-order chi connectivity index (χ1) is 8.20. The van der Waals surface area contributed by atoms with Gasteiger partial charge < -0.3 is 10.6 Å².